The third-order valence-electron chi connectivity index (χ3n) is 4.96. The van der Waals surface area contributed by atoms with Crippen LogP contribution in [0.3, 0.4) is 0 Å². The Bertz CT molecular complexity index is 1320. The van der Waals surface area contributed by atoms with E-state index in [1.807, 2.05) is 19.9 Å². The van der Waals surface area contributed by atoms with Gasteiger partial charge in [0.2, 0.25) is 5.91 Å². The first-order chi connectivity index (χ1) is 14.9. The predicted octanol–water partition coefficient (Wildman–Crippen LogP) is 2.34. The molecule has 0 unspecified atom stereocenters. The van der Waals surface area contributed by atoms with E-state index in [4.69, 9.17) is 4.42 Å². The standard InChI is InChI=1S/C22H21N5O4/c1-13-17(14(2)27-19(24-13)11-21(29)26-27)10-20(28)23-12-15-5-3-6-16(9-15)25-22(30)18-7-4-8-31-18/h3-9,11H,10,12H2,1-2H3,(H,23,28)(H,25,30)(H,26,29). The highest BCUT2D eigenvalue weighted by atomic mass is 16.3. The Hall–Kier alpha value is -4.14. The van der Waals surface area contributed by atoms with E-state index in [-0.39, 0.29) is 29.6 Å². The molecule has 9 nitrogen and oxygen atoms in total. The highest BCUT2D eigenvalue weighted by Gasteiger charge is 2.14. The van der Waals surface area contributed by atoms with Gasteiger partial charge in [-0.15, -0.1) is 0 Å². The van der Waals surface area contributed by atoms with Crippen molar-refractivity contribution in [3.05, 3.63) is 87.4 Å². The summed E-state index contributed by atoms with van der Waals surface area (Å²) in [5.74, 6) is -0.297. The molecule has 9 heteroatoms. The summed E-state index contributed by atoms with van der Waals surface area (Å²) >= 11 is 0. The lowest BCUT2D eigenvalue weighted by Crippen LogP contribution is -2.26. The topological polar surface area (TPSA) is 121 Å². The second kappa shape index (κ2) is 8.31. The molecule has 0 fully saturated rings. The molecule has 0 bridgehead atoms. The van der Waals surface area contributed by atoms with Crippen LogP contribution in [0.15, 0.2) is 57.9 Å². The number of fused-ring (bicyclic) bond motifs is 1. The zero-order chi connectivity index (χ0) is 22.0. The summed E-state index contributed by atoms with van der Waals surface area (Å²) in [5.41, 5.74) is 3.95. The first-order valence-electron chi connectivity index (χ1n) is 9.69. The van der Waals surface area contributed by atoms with Crippen LogP contribution in [0, 0.1) is 13.8 Å². The van der Waals surface area contributed by atoms with Gasteiger partial charge >= 0.3 is 0 Å². The number of hydrogen-bond acceptors (Lipinski definition) is 5. The molecule has 0 saturated heterocycles. The number of H-pyrrole nitrogens is 1. The number of nitrogens with zero attached hydrogens (tertiary/aromatic N) is 2. The number of furan rings is 1. The minimum Gasteiger partial charge on any atom is -0.459 e. The monoisotopic (exact) mass is 419 g/mol. The molecule has 0 atom stereocenters. The van der Waals surface area contributed by atoms with E-state index >= 15 is 0 Å². The van der Waals surface area contributed by atoms with Gasteiger partial charge in [-0.1, -0.05) is 12.1 Å². The molecule has 0 radical (unpaired) electrons. The Kier molecular flexibility index (Phi) is 5.40. The molecule has 31 heavy (non-hydrogen) atoms. The third kappa shape index (κ3) is 4.40. The van der Waals surface area contributed by atoms with Gasteiger partial charge in [0.1, 0.15) is 0 Å². The van der Waals surface area contributed by atoms with Crippen molar-refractivity contribution in [2.75, 3.05) is 5.32 Å². The summed E-state index contributed by atoms with van der Waals surface area (Å²) in [5, 5.41) is 8.33. The maximum absolute atomic E-state index is 12.5. The average molecular weight is 419 g/mol. The minimum absolute atomic E-state index is 0.135. The van der Waals surface area contributed by atoms with Gasteiger partial charge < -0.3 is 15.1 Å². The molecule has 3 N–H and O–H groups in total. The Balaban J connectivity index is 1.41. The van der Waals surface area contributed by atoms with Crippen LogP contribution in [-0.4, -0.2) is 26.4 Å². The SMILES string of the molecule is Cc1nc2cc(=O)[nH]n2c(C)c1CC(=O)NCc1cccc(NC(=O)c2ccco2)c1. The van der Waals surface area contributed by atoms with Crippen molar-refractivity contribution in [1.29, 1.82) is 0 Å². The summed E-state index contributed by atoms with van der Waals surface area (Å²) in [6.07, 6.45) is 1.57. The summed E-state index contributed by atoms with van der Waals surface area (Å²) < 4.78 is 6.67. The molecule has 0 aliphatic carbocycles. The Morgan fingerprint density at radius 1 is 1.16 bits per heavy atom. The maximum Gasteiger partial charge on any atom is 0.291 e. The average Bonchev–Trinajstić information content (AvgIpc) is 3.40. The van der Waals surface area contributed by atoms with Crippen molar-refractivity contribution >= 4 is 23.1 Å². The van der Waals surface area contributed by atoms with Crippen molar-refractivity contribution in [1.82, 2.24) is 19.9 Å². The number of anilines is 1. The minimum atomic E-state index is -0.344. The molecular formula is C22H21N5O4. The smallest absolute Gasteiger partial charge is 0.291 e. The van der Waals surface area contributed by atoms with Crippen LogP contribution in [0.1, 0.15) is 33.1 Å². The van der Waals surface area contributed by atoms with Crippen molar-refractivity contribution < 1.29 is 14.0 Å². The first-order valence-corrected chi connectivity index (χ1v) is 9.69. The molecule has 2 amide bonds. The van der Waals surface area contributed by atoms with Gasteiger partial charge in [-0.05, 0) is 43.7 Å². The second-order valence-electron chi connectivity index (χ2n) is 7.16. The Morgan fingerprint density at radius 2 is 2.00 bits per heavy atom. The normalized spacial score (nSPS) is 10.9. The molecule has 4 rings (SSSR count). The molecule has 1 aromatic carbocycles. The number of carbonyl (C=O) groups is 2. The van der Waals surface area contributed by atoms with Crippen molar-refractivity contribution in [3.63, 3.8) is 0 Å². The lowest BCUT2D eigenvalue weighted by atomic mass is 10.1. The molecule has 3 aromatic heterocycles. The number of aryl methyl sites for hydroxylation is 2. The second-order valence-corrected chi connectivity index (χ2v) is 7.16. The number of carbonyl (C=O) groups excluding carboxylic acids is 2. The van der Waals surface area contributed by atoms with E-state index < -0.39 is 0 Å². The fraction of sp³-hybridized carbons (Fsp3) is 0.182. The fourth-order valence-electron chi connectivity index (χ4n) is 3.39. The van der Waals surface area contributed by atoms with Gasteiger partial charge in [0.15, 0.2) is 11.4 Å². The summed E-state index contributed by atoms with van der Waals surface area (Å²) in [7, 11) is 0. The molecule has 4 aromatic rings. The van der Waals surface area contributed by atoms with Crippen molar-refractivity contribution in [3.8, 4) is 0 Å². The van der Waals surface area contributed by atoms with Crippen molar-refractivity contribution in [2.24, 2.45) is 0 Å². The van der Waals surface area contributed by atoms with Gasteiger partial charge in [0.05, 0.1) is 12.7 Å². The maximum atomic E-state index is 12.5. The molecule has 158 valence electrons. The highest BCUT2D eigenvalue weighted by molar-refractivity contribution is 6.02. The highest BCUT2D eigenvalue weighted by Crippen LogP contribution is 2.15. The summed E-state index contributed by atoms with van der Waals surface area (Å²) in [6.45, 7) is 3.96. The van der Waals surface area contributed by atoms with Crippen LogP contribution in [0.25, 0.3) is 5.65 Å². The molecule has 0 spiro atoms. The van der Waals surface area contributed by atoms with Gasteiger partial charge in [0.25, 0.3) is 11.5 Å². The number of aromatic nitrogens is 3. The molecule has 0 aliphatic heterocycles. The summed E-state index contributed by atoms with van der Waals surface area (Å²) in [4.78, 5) is 40.6. The lowest BCUT2D eigenvalue weighted by molar-refractivity contribution is -0.120. The van der Waals surface area contributed by atoms with Crippen LogP contribution in [-0.2, 0) is 17.8 Å². The number of hydrogen-bond donors (Lipinski definition) is 3. The number of amides is 2. The van der Waals surface area contributed by atoms with E-state index in [1.165, 1.54) is 12.3 Å². The molecule has 0 saturated carbocycles. The molecule has 0 aliphatic rings. The number of benzene rings is 1. The largest absolute Gasteiger partial charge is 0.459 e. The van der Waals surface area contributed by atoms with Gasteiger partial charge in [-0.25, -0.2) is 9.50 Å². The lowest BCUT2D eigenvalue weighted by Gasteiger charge is -2.12. The number of rotatable bonds is 6. The van der Waals surface area contributed by atoms with Crippen LogP contribution in [0.2, 0.25) is 0 Å². The van der Waals surface area contributed by atoms with Gasteiger partial charge in [-0.2, -0.15) is 0 Å². The van der Waals surface area contributed by atoms with Gasteiger partial charge in [0, 0.05) is 35.2 Å². The number of aromatic amines is 1. The Morgan fingerprint density at radius 3 is 2.77 bits per heavy atom. The summed E-state index contributed by atoms with van der Waals surface area (Å²) in [6, 6.07) is 11.9. The molecular weight excluding hydrogens is 398 g/mol. The van der Waals surface area contributed by atoms with Gasteiger partial charge in [-0.3, -0.25) is 19.5 Å². The fourth-order valence-corrected chi connectivity index (χ4v) is 3.39. The first kappa shape index (κ1) is 20.1. The van der Waals surface area contributed by atoms with Crippen LogP contribution < -0.4 is 16.2 Å². The zero-order valence-corrected chi connectivity index (χ0v) is 17.1. The zero-order valence-electron chi connectivity index (χ0n) is 17.1. The predicted molar refractivity (Wildman–Crippen MR) is 114 cm³/mol. The Labute approximate surface area is 177 Å². The number of nitrogens with one attached hydrogen (secondary N) is 3. The van der Waals surface area contributed by atoms with E-state index in [0.717, 1.165) is 16.8 Å². The van der Waals surface area contributed by atoms with Crippen LogP contribution in [0.5, 0.6) is 0 Å². The van der Waals surface area contributed by atoms with E-state index in [0.29, 0.717) is 23.6 Å². The molecule has 3 heterocycles. The van der Waals surface area contributed by atoms with E-state index in [2.05, 4.69) is 20.7 Å². The van der Waals surface area contributed by atoms with E-state index in [9.17, 15) is 14.4 Å². The van der Waals surface area contributed by atoms with Crippen LogP contribution >= 0.6 is 0 Å². The van der Waals surface area contributed by atoms with Crippen LogP contribution in [0.4, 0.5) is 5.69 Å². The van der Waals surface area contributed by atoms with Crippen molar-refractivity contribution in [2.45, 2.75) is 26.8 Å². The third-order valence-corrected chi connectivity index (χ3v) is 4.96. The quantitative estimate of drug-likeness (QED) is 0.443. The van der Waals surface area contributed by atoms with E-state index in [1.54, 1.807) is 34.8 Å².